The van der Waals surface area contributed by atoms with E-state index in [-0.39, 0.29) is 24.3 Å². The zero-order valence-electron chi connectivity index (χ0n) is 19.8. The average Bonchev–Trinajstić information content (AvgIpc) is 3.30. The lowest BCUT2D eigenvalue weighted by atomic mass is 10.0. The smallest absolute Gasteiger partial charge is 0.258 e. The first kappa shape index (κ1) is 23.8. The van der Waals surface area contributed by atoms with Crippen LogP contribution >= 0.6 is 0 Å². The van der Waals surface area contributed by atoms with Crippen LogP contribution in [0.2, 0.25) is 0 Å². The maximum Gasteiger partial charge on any atom is 0.258 e. The van der Waals surface area contributed by atoms with Crippen molar-refractivity contribution in [2.24, 2.45) is 0 Å². The Labute approximate surface area is 199 Å². The van der Waals surface area contributed by atoms with Gasteiger partial charge >= 0.3 is 0 Å². The molecule has 0 spiro atoms. The van der Waals surface area contributed by atoms with Gasteiger partial charge in [0.05, 0.1) is 38.0 Å². The van der Waals surface area contributed by atoms with E-state index in [2.05, 4.69) is 10.1 Å². The lowest BCUT2D eigenvalue weighted by molar-refractivity contribution is 0.0668. The summed E-state index contributed by atoms with van der Waals surface area (Å²) in [6, 6.07) is 13.3. The van der Waals surface area contributed by atoms with Gasteiger partial charge < -0.3 is 23.8 Å². The lowest BCUT2D eigenvalue weighted by Crippen LogP contribution is -2.40. The number of carbonyl (C=O) groups excluding carboxylic acids is 1. The van der Waals surface area contributed by atoms with Crippen molar-refractivity contribution in [3.63, 3.8) is 0 Å². The summed E-state index contributed by atoms with van der Waals surface area (Å²) < 4.78 is 30.4. The van der Waals surface area contributed by atoms with Crippen molar-refractivity contribution in [2.45, 2.75) is 32.9 Å². The van der Waals surface area contributed by atoms with Crippen LogP contribution in [0.15, 0.2) is 53.1 Å². The maximum absolute atomic E-state index is 13.7. The van der Waals surface area contributed by atoms with Crippen molar-refractivity contribution in [2.75, 3.05) is 38.3 Å². The Morgan fingerprint density at radius 2 is 1.88 bits per heavy atom. The van der Waals surface area contributed by atoms with Gasteiger partial charge in [-0.1, -0.05) is 24.2 Å². The Hall–Kier alpha value is -3.39. The van der Waals surface area contributed by atoms with Gasteiger partial charge in [0, 0.05) is 24.7 Å². The second kappa shape index (κ2) is 10.7. The highest BCUT2D eigenvalue weighted by atomic mass is 19.1. The Morgan fingerprint density at radius 1 is 1.18 bits per heavy atom. The van der Waals surface area contributed by atoms with E-state index in [9.17, 15) is 9.18 Å². The van der Waals surface area contributed by atoms with Gasteiger partial charge in [0.2, 0.25) is 5.88 Å². The highest BCUT2D eigenvalue weighted by Crippen LogP contribution is 2.34. The number of anilines is 1. The minimum atomic E-state index is -0.324. The standard InChI is InChI=1S/C26H30FN3O4/c1-4-18(2)30(25(31)21-7-5-6-8-23(21)32-3)17-22-24(19-9-11-20(27)12-10-19)28-34-26(22)29-13-15-33-16-14-29/h5-12,18H,4,13-17H2,1-3H3/t18-/m1/s1. The van der Waals surface area contributed by atoms with Gasteiger partial charge in [-0.25, -0.2) is 4.39 Å². The Kier molecular flexibility index (Phi) is 7.47. The van der Waals surface area contributed by atoms with Gasteiger partial charge in [0.15, 0.2) is 0 Å². The molecule has 1 amide bonds. The van der Waals surface area contributed by atoms with Crippen LogP contribution in [0.25, 0.3) is 11.3 Å². The van der Waals surface area contributed by atoms with Crippen LogP contribution in [0.5, 0.6) is 5.75 Å². The van der Waals surface area contributed by atoms with Crippen molar-refractivity contribution in [3.8, 4) is 17.0 Å². The number of benzene rings is 2. The fraction of sp³-hybridized carbons (Fsp3) is 0.385. The number of methoxy groups -OCH3 is 1. The van der Waals surface area contributed by atoms with E-state index in [1.165, 1.54) is 12.1 Å². The molecule has 1 aromatic heterocycles. The van der Waals surface area contributed by atoms with Gasteiger partial charge in [-0.05, 0) is 49.7 Å². The van der Waals surface area contributed by atoms with Gasteiger partial charge in [0.25, 0.3) is 5.91 Å². The van der Waals surface area contributed by atoms with Crippen molar-refractivity contribution in [1.82, 2.24) is 10.1 Å². The number of morpholine rings is 1. The quantitative estimate of drug-likeness (QED) is 0.476. The second-order valence-electron chi connectivity index (χ2n) is 8.31. The summed E-state index contributed by atoms with van der Waals surface area (Å²) in [5, 5.41) is 4.35. The Morgan fingerprint density at radius 3 is 2.56 bits per heavy atom. The van der Waals surface area contributed by atoms with E-state index in [1.807, 2.05) is 30.9 Å². The first-order chi connectivity index (χ1) is 16.5. The number of hydrogen-bond donors (Lipinski definition) is 0. The zero-order valence-corrected chi connectivity index (χ0v) is 19.8. The lowest BCUT2D eigenvalue weighted by Gasteiger charge is -2.31. The first-order valence-electron chi connectivity index (χ1n) is 11.5. The van der Waals surface area contributed by atoms with Crippen molar-refractivity contribution in [1.29, 1.82) is 0 Å². The molecule has 1 aliphatic rings. The van der Waals surface area contributed by atoms with Crippen LogP contribution < -0.4 is 9.64 Å². The second-order valence-corrected chi connectivity index (χ2v) is 8.31. The minimum Gasteiger partial charge on any atom is -0.496 e. The number of carbonyl (C=O) groups is 1. The van der Waals surface area contributed by atoms with Gasteiger partial charge in [-0.3, -0.25) is 4.79 Å². The summed E-state index contributed by atoms with van der Waals surface area (Å²) in [7, 11) is 1.56. The highest BCUT2D eigenvalue weighted by molar-refractivity contribution is 5.97. The normalized spacial score (nSPS) is 14.6. The molecule has 1 aliphatic heterocycles. The molecule has 3 aromatic rings. The van der Waals surface area contributed by atoms with Gasteiger partial charge in [-0.15, -0.1) is 0 Å². The fourth-order valence-corrected chi connectivity index (χ4v) is 4.09. The van der Waals surface area contributed by atoms with Crippen LogP contribution in [-0.4, -0.2) is 55.4 Å². The number of halogens is 1. The van der Waals surface area contributed by atoms with Crippen LogP contribution in [0.4, 0.5) is 10.3 Å². The van der Waals surface area contributed by atoms with E-state index < -0.39 is 0 Å². The summed E-state index contributed by atoms with van der Waals surface area (Å²) in [5.74, 6) is 0.683. The summed E-state index contributed by atoms with van der Waals surface area (Å²) >= 11 is 0. The number of para-hydroxylation sites is 1. The van der Waals surface area contributed by atoms with Crippen molar-refractivity contribution < 1.29 is 23.2 Å². The van der Waals surface area contributed by atoms with Crippen LogP contribution in [-0.2, 0) is 11.3 Å². The third kappa shape index (κ3) is 4.92. The molecular weight excluding hydrogens is 437 g/mol. The van der Waals surface area contributed by atoms with E-state index in [1.54, 1.807) is 31.4 Å². The zero-order chi connectivity index (χ0) is 24.1. The number of nitrogens with zero attached hydrogens (tertiary/aromatic N) is 3. The molecular formula is C26H30FN3O4. The van der Waals surface area contributed by atoms with Crippen LogP contribution in [0, 0.1) is 5.82 Å². The molecule has 2 aromatic carbocycles. The van der Waals surface area contributed by atoms with E-state index >= 15 is 0 Å². The molecule has 1 atom stereocenters. The number of aromatic nitrogens is 1. The largest absolute Gasteiger partial charge is 0.496 e. The van der Waals surface area contributed by atoms with Crippen LogP contribution in [0.1, 0.15) is 36.2 Å². The molecule has 8 heteroatoms. The third-order valence-electron chi connectivity index (χ3n) is 6.23. The summed E-state index contributed by atoms with van der Waals surface area (Å²) in [6.45, 7) is 6.85. The van der Waals surface area contributed by atoms with Crippen molar-refractivity contribution >= 4 is 11.8 Å². The molecule has 180 valence electrons. The SMILES string of the molecule is CC[C@@H](C)N(Cc1c(-c2ccc(F)cc2)noc1N1CCOCC1)C(=O)c1ccccc1OC. The minimum absolute atomic E-state index is 0.0501. The molecule has 0 bridgehead atoms. The first-order valence-corrected chi connectivity index (χ1v) is 11.5. The number of amides is 1. The van der Waals surface area contributed by atoms with Gasteiger partial charge in [0.1, 0.15) is 17.3 Å². The molecule has 1 fully saturated rings. The molecule has 4 rings (SSSR count). The molecule has 2 heterocycles. The van der Waals surface area contributed by atoms with Crippen molar-refractivity contribution in [3.05, 3.63) is 65.5 Å². The number of rotatable bonds is 8. The van der Waals surface area contributed by atoms with Crippen LogP contribution in [0.3, 0.4) is 0 Å². The molecule has 0 unspecified atom stereocenters. The number of hydrogen-bond acceptors (Lipinski definition) is 6. The fourth-order valence-electron chi connectivity index (χ4n) is 4.09. The maximum atomic E-state index is 13.7. The predicted octanol–water partition coefficient (Wildman–Crippen LogP) is 4.77. The molecule has 34 heavy (non-hydrogen) atoms. The van der Waals surface area contributed by atoms with Gasteiger partial charge in [-0.2, -0.15) is 0 Å². The summed E-state index contributed by atoms with van der Waals surface area (Å²) in [4.78, 5) is 17.6. The molecule has 0 N–H and O–H groups in total. The monoisotopic (exact) mass is 467 g/mol. The molecule has 0 radical (unpaired) electrons. The van der Waals surface area contributed by atoms with E-state index in [0.29, 0.717) is 49.2 Å². The average molecular weight is 468 g/mol. The Bertz CT molecular complexity index is 1110. The predicted molar refractivity (Wildman–Crippen MR) is 128 cm³/mol. The third-order valence-corrected chi connectivity index (χ3v) is 6.23. The molecule has 0 aliphatic carbocycles. The summed E-state index contributed by atoms with van der Waals surface area (Å²) in [5.41, 5.74) is 2.62. The number of ether oxygens (including phenoxy) is 2. The Balaban J connectivity index is 1.77. The van der Waals surface area contributed by atoms with E-state index in [4.69, 9.17) is 14.0 Å². The highest BCUT2D eigenvalue weighted by Gasteiger charge is 2.30. The van der Waals surface area contributed by atoms with E-state index in [0.717, 1.165) is 17.5 Å². The molecule has 7 nitrogen and oxygen atoms in total. The topological polar surface area (TPSA) is 68.0 Å². The summed E-state index contributed by atoms with van der Waals surface area (Å²) in [6.07, 6.45) is 0.769. The molecule has 1 saturated heterocycles. The molecule has 0 saturated carbocycles.